The van der Waals surface area contributed by atoms with Crippen LogP contribution in [0.3, 0.4) is 0 Å². The third-order valence-corrected chi connectivity index (χ3v) is 10.0. The van der Waals surface area contributed by atoms with E-state index in [-0.39, 0.29) is 30.1 Å². The maximum absolute atomic E-state index is 12.8. The van der Waals surface area contributed by atoms with Crippen molar-refractivity contribution in [2.45, 2.75) is 56.8 Å². The second-order valence-corrected chi connectivity index (χ2v) is 12.9. The zero-order valence-electron chi connectivity index (χ0n) is 22.8. The molecular formula is C31H29N7O2S2. The van der Waals surface area contributed by atoms with Crippen LogP contribution in [0.25, 0.3) is 17.0 Å². The van der Waals surface area contributed by atoms with Gasteiger partial charge in [-0.25, -0.2) is 0 Å². The van der Waals surface area contributed by atoms with Crippen molar-refractivity contribution in [3.63, 3.8) is 0 Å². The zero-order valence-corrected chi connectivity index (χ0v) is 24.4. The third-order valence-electron chi connectivity index (χ3n) is 8.04. The molecule has 0 unspecified atom stereocenters. The van der Waals surface area contributed by atoms with Crippen molar-refractivity contribution in [1.82, 2.24) is 25.4 Å². The number of carbonyl (C=O) groups is 2. The Morgan fingerprint density at radius 2 is 1.50 bits per heavy atom. The number of fused-ring (bicyclic) bond motifs is 2. The van der Waals surface area contributed by atoms with E-state index in [1.165, 1.54) is 28.2 Å². The molecule has 42 heavy (non-hydrogen) atoms. The quantitative estimate of drug-likeness (QED) is 0.195. The van der Waals surface area contributed by atoms with E-state index >= 15 is 0 Å². The molecule has 11 heteroatoms. The average molecular weight is 596 g/mol. The van der Waals surface area contributed by atoms with Gasteiger partial charge < -0.3 is 15.6 Å². The van der Waals surface area contributed by atoms with Crippen LogP contribution in [0.15, 0.2) is 54.7 Å². The number of H-pyrrole nitrogens is 1. The molecular weight excluding hydrogens is 567 g/mol. The Morgan fingerprint density at radius 1 is 0.833 bits per heavy atom. The van der Waals surface area contributed by atoms with Crippen LogP contribution in [0.2, 0.25) is 0 Å². The van der Waals surface area contributed by atoms with Gasteiger partial charge >= 0.3 is 0 Å². The van der Waals surface area contributed by atoms with Gasteiger partial charge in [0.15, 0.2) is 0 Å². The number of nitrogens with one attached hydrogen (secondary N) is 3. The summed E-state index contributed by atoms with van der Waals surface area (Å²) in [5, 5.41) is 27.3. The number of anilines is 2. The number of carbonyl (C=O) groups excluding carboxylic acids is 2. The molecule has 3 N–H and O–H groups in total. The van der Waals surface area contributed by atoms with Gasteiger partial charge in [-0.05, 0) is 60.1 Å². The van der Waals surface area contributed by atoms with E-state index in [9.17, 15) is 9.59 Å². The van der Waals surface area contributed by atoms with Crippen LogP contribution in [0, 0.1) is 0 Å². The average Bonchev–Trinajstić information content (AvgIpc) is 3.81. The van der Waals surface area contributed by atoms with Gasteiger partial charge in [0.05, 0.1) is 12.8 Å². The molecule has 2 aliphatic rings. The number of hydrogen-bond donors (Lipinski definition) is 3. The van der Waals surface area contributed by atoms with Crippen LogP contribution in [0.5, 0.6) is 0 Å². The van der Waals surface area contributed by atoms with Crippen molar-refractivity contribution in [1.29, 1.82) is 0 Å². The third kappa shape index (κ3) is 5.62. The highest BCUT2D eigenvalue weighted by Crippen LogP contribution is 2.43. The minimum Gasteiger partial charge on any atom is -0.361 e. The molecule has 2 atom stereocenters. The van der Waals surface area contributed by atoms with E-state index < -0.39 is 0 Å². The molecule has 0 aliphatic heterocycles. The summed E-state index contributed by atoms with van der Waals surface area (Å²) < 4.78 is 0. The lowest BCUT2D eigenvalue weighted by molar-refractivity contribution is -0.116. The summed E-state index contributed by atoms with van der Waals surface area (Å²) in [7, 11) is 0. The lowest BCUT2D eigenvalue weighted by Crippen LogP contribution is -2.15. The lowest BCUT2D eigenvalue weighted by Gasteiger charge is -2.25. The molecule has 0 spiro atoms. The molecule has 3 heterocycles. The van der Waals surface area contributed by atoms with E-state index in [1.54, 1.807) is 0 Å². The fourth-order valence-corrected chi connectivity index (χ4v) is 7.85. The summed E-state index contributed by atoms with van der Waals surface area (Å²) in [6.45, 7) is 0. The first-order valence-electron chi connectivity index (χ1n) is 14.2. The first-order chi connectivity index (χ1) is 20.6. The Bertz CT molecular complexity index is 1800. The number of benzene rings is 2. The Kier molecular flexibility index (Phi) is 7.35. The van der Waals surface area contributed by atoms with Crippen LogP contribution in [0.1, 0.15) is 69.8 Å². The Hall–Kier alpha value is -4.22. The lowest BCUT2D eigenvalue weighted by atomic mass is 9.82. The van der Waals surface area contributed by atoms with Gasteiger partial charge in [0.1, 0.15) is 10.0 Å². The number of allylic oxidation sites excluding steroid dienone is 1. The molecule has 212 valence electrons. The second kappa shape index (κ2) is 11.6. The number of nitrogens with zero attached hydrogens (tertiary/aromatic N) is 4. The minimum atomic E-state index is -0.107. The van der Waals surface area contributed by atoms with E-state index in [0.29, 0.717) is 16.7 Å². The van der Waals surface area contributed by atoms with Crippen LogP contribution in [-0.4, -0.2) is 37.2 Å². The summed E-state index contributed by atoms with van der Waals surface area (Å²) in [5.41, 5.74) is 5.44. The predicted molar refractivity (Wildman–Crippen MR) is 166 cm³/mol. The molecule has 2 aromatic carbocycles. The fourth-order valence-electron chi connectivity index (χ4n) is 6.03. The first kappa shape index (κ1) is 26.7. The SMILES string of the molecule is O=C(Cc1cccc2[nH]ccc12)Nc1nnc([C@@H]2CCC[C@H](c3nnc(NC(=O)Cc4cccc5c4C=CC5)s3)C2)s1. The molecule has 0 bridgehead atoms. The van der Waals surface area contributed by atoms with Crippen LogP contribution < -0.4 is 10.6 Å². The first-order valence-corrected chi connectivity index (χ1v) is 15.8. The smallest absolute Gasteiger partial charge is 0.230 e. The number of rotatable bonds is 8. The summed E-state index contributed by atoms with van der Waals surface area (Å²) in [6, 6.07) is 14.0. The van der Waals surface area contributed by atoms with Gasteiger partial charge in [0.25, 0.3) is 0 Å². The molecule has 1 saturated carbocycles. The van der Waals surface area contributed by atoms with Gasteiger partial charge in [-0.1, -0.05) is 71.6 Å². The molecule has 3 aromatic heterocycles. The topological polar surface area (TPSA) is 126 Å². The van der Waals surface area contributed by atoms with Gasteiger partial charge in [0, 0.05) is 28.9 Å². The molecule has 2 aliphatic carbocycles. The van der Waals surface area contributed by atoms with Crippen molar-refractivity contribution >= 4 is 61.7 Å². The molecule has 2 amide bonds. The highest BCUT2D eigenvalue weighted by Gasteiger charge is 2.29. The normalized spacial score (nSPS) is 17.8. The van der Waals surface area contributed by atoms with Gasteiger partial charge in [0.2, 0.25) is 22.1 Å². The van der Waals surface area contributed by atoms with Crippen molar-refractivity contribution < 1.29 is 9.59 Å². The van der Waals surface area contributed by atoms with Crippen molar-refractivity contribution in [3.05, 3.63) is 87.0 Å². The van der Waals surface area contributed by atoms with Gasteiger partial charge in [-0.15, -0.1) is 20.4 Å². The Labute approximate surface area is 250 Å². The van der Waals surface area contributed by atoms with E-state index in [1.807, 2.05) is 42.6 Å². The number of hydrogen-bond acceptors (Lipinski definition) is 8. The number of aromatic nitrogens is 5. The number of aromatic amines is 1. The fraction of sp³-hybridized carbons (Fsp3) is 0.290. The molecule has 7 rings (SSSR count). The van der Waals surface area contributed by atoms with E-state index in [0.717, 1.165) is 69.7 Å². The summed E-state index contributed by atoms with van der Waals surface area (Å²) in [4.78, 5) is 28.7. The zero-order chi connectivity index (χ0) is 28.5. The standard InChI is InChI=1S/C31H29N7O2S2/c39-26(16-19-7-1-5-18-6-3-11-23(18)19)33-30-37-35-28(41-30)21-9-2-10-22(15-21)29-36-38-31(42-29)34-27(40)17-20-8-4-12-25-24(20)13-14-32-25/h1,3-5,7-8,11-14,21-22,32H,2,6,9-10,15-17H2,(H,33,37,39)(H,34,38,40)/t21-,22+/m0/s1. The van der Waals surface area contributed by atoms with Crippen LogP contribution in [0.4, 0.5) is 10.3 Å². The predicted octanol–water partition coefficient (Wildman–Crippen LogP) is 6.24. The maximum Gasteiger partial charge on any atom is 0.230 e. The molecule has 0 radical (unpaired) electrons. The minimum absolute atomic E-state index is 0.0823. The molecule has 9 nitrogen and oxygen atoms in total. The maximum atomic E-state index is 12.8. The van der Waals surface area contributed by atoms with Crippen molar-refractivity contribution in [2.75, 3.05) is 10.6 Å². The number of amides is 2. The molecule has 5 aromatic rings. The Balaban J connectivity index is 0.950. The van der Waals surface area contributed by atoms with Crippen LogP contribution in [-0.2, 0) is 28.9 Å². The highest BCUT2D eigenvalue weighted by atomic mass is 32.1. The summed E-state index contributed by atoms with van der Waals surface area (Å²) >= 11 is 2.91. The van der Waals surface area contributed by atoms with E-state index in [2.05, 4.69) is 54.2 Å². The monoisotopic (exact) mass is 595 g/mol. The summed E-state index contributed by atoms with van der Waals surface area (Å²) in [5.74, 6) is 0.305. The van der Waals surface area contributed by atoms with E-state index in [4.69, 9.17) is 0 Å². The highest BCUT2D eigenvalue weighted by molar-refractivity contribution is 7.15. The second-order valence-electron chi connectivity index (χ2n) is 10.9. The van der Waals surface area contributed by atoms with Crippen molar-refractivity contribution in [2.24, 2.45) is 0 Å². The van der Waals surface area contributed by atoms with Gasteiger partial charge in [-0.2, -0.15) is 0 Å². The van der Waals surface area contributed by atoms with Crippen molar-refractivity contribution in [3.8, 4) is 0 Å². The van der Waals surface area contributed by atoms with Crippen LogP contribution >= 0.6 is 22.7 Å². The molecule has 0 saturated heterocycles. The molecule has 1 fully saturated rings. The summed E-state index contributed by atoms with van der Waals surface area (Å²) in [6.07, 6.45) is 11.6. The largest absolute Gasteiger partial charge is 0.361 e. The Morgan fingerprint density at radius 3 is 2.24 bits per heavy atom. The van der Waals surface area contributed by atoms with Gasteiger partial charge in [-0.3, -0.25) is 9.59 Å².